The Morgan fingerprint density at radius 1 is 1.59 bits per heavy atom. The maximum absolute atomic E-state index is 12.4. The van der Waals surface area contributed by atoms with Crippen LogP contribution < -0.4 is 5.32 Å². The second-order valence-electron chi connectivity index (χ2n) is 3.96. The molecule has 0 amide bonds. The van der Waals surface area contributed by atoms with Gasteiger partial charge in [0, 0.05) is 29.6 Å². The van der Waals surface area contributed by atoms with Gasteiger partial charge in [0.25, 0.3) is 0 Å². The van der Waals surface area contributed by atoms with Gasteiger partial charge in [0.1, 0.15) is 0 Å². The van der Waals surface area contributed by atoms with Crippen molar-refractivity contribution in [1.29, 1.82) is 0 Å². The fourth-order valence-electron chi connectivity index (χ4n) is 1.99. The lowest BCUT2D eigenvalue weighted by molar-refractivity contribution is -0.137. The van der Waals surface area contributed by atoms with Crippen molar-refractivity contribution in [2.45, 2.75) is 18.6 Å². The van der Waals surface area contributed by atoms with E-state index >= 15 is 0 Å². The molecule has 2 heterocycles. The summed E-state index contributed by atoms with van der Waals surface area (Å²) in [5.74, 6) is 0.224. The Kier molecular flexibility index (Phi) is 3.70. The van der Waals surface area contributed by atoms with Crippen molar-refractivity contribution in [1.82, 2.24) is 10.3 Å². The Labute approximate surface area is 101 Å². The first-order chi connectivity index (χ1) is 8.02. The molecular formula is C10H13F3N2OS. The van der Waals surface area contributed by atoms with Crippen LogP contribution in [0.15, 0.2) is 6.20 Å². The SMILES string of the molecule is CNC(c1cnc(C(F)(F)F)s1)C1CCOC1. The molecule has 1 aromatic heterocycles. The number of nitrogens with one attached hydrogen (secondary N) is 1. The van der Waals surface area contributed by atoms with E-state index in [1.165, 1.54) is 6.20 Å². The van der Waals surface area contributed by atoms with Crippen molar-refractivity contribution in [3.63, 3.8) is 0 Å². The van der Waals surface area contributed by atoms with Crippen molar-refractivity contribution in [2.75, 3.05) is 20.3 Å². The molecule has 1 fully saturated rings. The quantitative estimate of drug-likeness (QED) is 0.912. The van der Waals surface area contributed by atoms with Gasteiger partial charge in [0.2, 0.25) is 0 Å². The van der Waals surface area contributed by atoms with Crippen molar-refractivity contribution in [3.8, 4) is 0 Å². The molecule has 0 bridgehead atoms. The van der Waals surface area contributed by atoms with Crippen molar-refractivity contribution >= 4 is 11.3 Å². The van der Waals surface area contributed by atoms with Crippen LogP contribution in [0.4, 0.5) is 13.2 Å². The molecule has 17 heavy (non-hydrogen) atoms. The number of alkyl halides is 3. The standard InChI is InChI=1S/C10H13F3N2OS/c1-14-8(6-2-3-16-5-6)7-4-15-9(17-7)10(11,12)13/h4,6,8,14H,2-3,5H2,1H3. The predicted octanol–water partition coefficient (Wildman–Crippen LogP) is 2.46. The zero-order valence-corrected chi connectivity index (χ0v) is 10.1. The smallest absolute Gasteiger partial charge is 0.381 e. The second-order valence-corrected chi connectivity index (χ2v) is 5.02. The highest BCUT2D eigenvalue weighted by atomic mass is 32.1. The molecule has 0 aromatic carbocycles. The van der Waals surface area contributed by atoms with Gasteiger partial charge >= 0.3 is 6.18 Å². The summed E-state index contributed by atoms with van der Waals surface area (Å²) in [5.41, 5.74) is 0. The van der Waals surface area contributed by atoms with E-state index in [1.807, 2.05) is 0 Å². The number of halogens is 3. The highest BCUT2D eigenvalue weighted by Crippen LogP contribution is 2.37. The molecule has 1 aliphatic rings. The van der Waals surface area contributed by atoms with Crippen LogP contribution >= 0.6 is 11.3 Å². The fraction of sp³-hybridized carbons (Fsp3) is 0.700. The van der Waals surface area contributed by atoms with Gasteiger partial charge in [0.15, 0.2) is 5.01 Å². The van der Waals surface area contributed by atoms with Gasteiger partial charge in [0.05, 0.1) is 6.61 Å². The number of aromatic nitrogens is 1. The van der Waals surface area contributed by atoms with Crippen molar-refractivity contribution in [3.05, 3.63) is 16.1 Å². The molecule has 2 unspecified atom stereocenters. The van der Waals surface area contributed by atoms with Gasteiger partial charge in [-0.25, -0.2) is 4.98 Å². The second kappa shape index (κ2) is 4.91. The number of hydrogen-bond donors (Lipinski definition) is 1. The van der Waals surface area contributed by atoms with E-state index in [4.69, 9.17) is 4.74 Å². The highest BCUT2D eigenvalue weighted by molar-refractivity contribution is 7.11. The summed E-state index contributed by atoms with van der Waals surface area (Å²) in [6.07, 6.45) is -2.18. The lowest BCUT2D eigenvalue weighted by Crippen LogP contribution is -2.24. The number of nitrogens with zero attached hydrogens (tertiary/aromatic N) is 1. The Morgan fingerprint density at radius 2 is 2.35 bits per heavy atom. The predicted molar refractivity (Wildman–Crippen MR) is 57.8 cm³/mol. The molecule has 2 rings (SSSR count). The van der Waals surface area contributed by atoms with Crippen LogP contribution in [0.25, 0.3) is 0 Å². The molecule has 2 atom stereocenters. The first-order valence-electron chi connectivity index (χ1n) is 5.30. The van der Waals surface area contributed by atoms with Crippen molar-refractivity contribution in [2.24, 2.45) is 5.92 Å². The summed E-state index contributed by atoms with van der Waals surface area (Å²) < 4.78 is 42.6. The first-order valence-corrected chi connectivity index (χ1v) is 6.12. The van der Waals surface area contributed by atoms with E-state index in [0.29, 0.717) is 29.4 Å². The van der Waals surface area contributed by atoms with Gasteiger partial charge in [-0.05, 0) is 13.5 Å². The molecule has 1 aliphatic heterocycles. The van der Waals surface area contributed by atoms with E-state index in [-0.39, 0.29) is 12.0 Å². The van der Waals surface area contributed by atoms with Gasteiger partial charge in [-0.3, -0.25) is 0 Å². The summed E-state index contributed by atoms with van der Waals surface area (Å²) in [7, 11) is 1.75. The molecule has 3 nitrogen and oxygen atoms in total. The summed E-state index contributed by atoms with van der Waals surface area (Å²) in [4.78, 5) is 4.06. The third-order valence-electron chi connectivity index (χ3n) is 2.82. The van der Waals surface area contributed by atoms with Gasteiger partial charge < -0.3 is 10.1 Å². The topological polar surface area (TPSA) is 34.2 Å². The summed E-state index contributed by atoms with van der Waals surface area (Å²) in [5, 5.41) is 2.26. The molecule has 7 heteroatoms. The van der Waals surface area contributed by atoms with E-state index in [2.05, 4.69) is 10.3 Å². The molecular weight excluding hydrogens is 253 g/mol. The zero-order valence-electron chi connectivity index (χ0n) is 9.25. The normalized spacial score (nSPS) is 22.9. The minimum absolute atomic E-state index is 0.105. The van der Waals surface area contributed by atoms with Crippen LogP contribution in [0, 0.1) is 5.92 Å². The van der Waals surface area contributed by atoms with Crippen LogP contribution in [-0.2, 0) is 10.9 Å². The molecule has 1 N–H and O–H groups in total. The molecule has 0 aliphatic carbocycles. The maximum atomic E-state index is 12.4. The average Bonchev–Trinajstić information content (AvgIpc) is 2.87. The minimum atomic E-state index is -4.35. The molecule has 0 saturated carbocycles. The number of rotatable bonds is 3. The largest absolute Gasteiger partial charge is 0.443 e. The fourth-order valence-corrected chi connectivity index (χ4v) is 2.97. The maximum Gasteiger partial charge on any atom is 0.443 e. The van der Waals surface area contributed by atoms with E-state index in [0.717, 1.165) is 6.42 Å². The molecule has 1 aromatic rings. The average molecular weight is 266 g/mol. The van der Waals surface area contributed by atoms with Gasteiger partial charge in [-0.15, -0.1) is 11.3 Å². The Hall–Kier alpha value is -0.660. The van der Waals surface area contributed by atoms with Gasteiger partial charge in [-0.1, -0.05) is 0 Å². The van der Waals surface area contributed by atoms with Crippen LogP contribution in [-0.4, -0.2) is 25.2 Å². The number of hydrogen-bond acceptors (Lipinski definition) is 4. The Balaban J connectivity index is 2.17. The summed E-state index contributed by atoms with van der Waals surface area (Å²) in [6, 6.07) is -0.105. The minimum Gasteiger partial charge on any atom is -0.381 e. The Bertz CT molecular complexity index is 374. The van der Waals surface area contributed by atoms with Crippen LogP contribution in [0.5, 0.6) is 0 Å². The summed E-state index contributed by atoms with van der Waals surface area (Å²) in [6.45, 7) is 1.26. The number of thiazole rings is 1. The van der Waals surface area contributed by atoms with Crippen LogP contribution in [0.3, 0.4) is 0 Å². The summed E-state index contributed by atoms with van der Waals surface area (Å²) >= 11 is 0.705. The van der Waals surface area contributed by atoms with Crippen LogP contribution in [0.1, 0.15) is 22.3 Å². The van der Waals surface area contributed by atoms with E-state index in [9.17, 15) is 13.2 Å². The third kappa shape index (κ3) is 2.78. The highest BCUT2D eigenvalue weighted by Gasteiger charge is 2.36. The Morgan fingerprint density at radius 3 is 2.82 bits per heavy atom. The number of ether oxygens (including phenoxy) is 1. The molecule has 0 radical (unpaired) electrons. The van der Waals surface area contributed by atoms with Crippen LogP contribution in [0.2, 0.25) is 0 Å². The monoisotopic (exact) mass is 266 g/mol. The van der Waals surface area contributed by atoms with Gasteiger partial charge in [-0.2, -0.15) is 13.2 Å². The van der Waals surface area contributed by atoms with E-state index < -0.39 is 11.2 Å². The zero-order chi connectivity index (χ0) is 12.5. The molecule has 1 saturated heterocycles. The first kappa shape index (κ1) is 12.8. The van der Waals surface area contributed by atoms with Crippen molar-refractivity contribution < 1.29 is 17.9 Å². The van der Waals surface area contributed by atoms with E-state index in [1.54, 1.807) is 7.05 Å². The molecule has 0 spiro atoms. The lowest BCUT2D eigenvalue weighted by atomic mass is 9.98. The molecule has 96 valence electrons. The third-order valence-corrected chi connectivity index (χ3v) is 3.95. The lowest BCUT2D eigenvalue weighted by Gasteiger charge is -2.19.